The van der Waals surface area contributed by atoms with Gasteiger partial charge in [-0.25, -0.2) is 0 Å². The van der Waals surface area contributed by atoms with Gasteiger partial charge in [0, 0.05) is 0 Å². The van der Waals surface area contributed by atoms with Crippen LogP contribution < -0.4 is 0 Å². The van der Waals surface area contributed by atoms with Crippen molar-refractivity contribution in [1.29, 1.82) is 0 Å². The molecule has 0 saturated heterocycles. The normalized spacial score (nSPS) is 58.6. The lowest BCUT2D eigenvalue weighted by Crippen LogP contribution is -2.33. The van der Waals surface area contributed by atoms with E-state index >= 15 is 0 Å². The number of fused-ring (bicyclic) bond motifs is 3. The second-order valence-electron chi connectivity index (χ2n) is 7.94. The van der Waals surface area contributed by atoms with Gasteiger partial charge in [-0.05, 0) is 79.4 Å². The first-order valence-corrected chi connectivity index (χ1v) is 8.06. The van der Waals surface area contributed by atoms with Gasteiger partial charge in [-0.2, -0.15) is 0 Å². The summed E-state index contributed by atoms with van der Waals surface area (Å²) in [6, 6.07) is 0. The molecule has 0 aromatic carbocycles. The maximum Gasteiger partial charge on any atom is -0.0352 e. The van der Waals surface area contributed by atoms with Crippen molar-refractivity contribution in [2.45, 2.75) is 59.8 Å². The van der Waals surface area contributed by atoms with Crippen LogP contribution in [0.3, 0.4) is 0 Å². The molecule has 3 aliphatic rings. The summed E-state index contributed by atoms with van der Waals surface area (Å²) in [4.78, 5) is 0. The highest BCUT2D eigenvalue weighted by atomic mass is 14.5. The minimum Gasteiger partial charge on any atom is -0.0622 e. The molecule has 0 bridgehead atoms. The van der Waals surface area contributed by atoms with Crippen LogP contribution in [-0.2, 0) is 0 Å². The average molecular weight is 234 g/mol. The third kappa shape index (κ3) is 1.96. The van der Waals surface area contributed by atoms with Crippen LogP contribution in [0.4, 0.5) is 0 Å². The second kappa shape index (κ2) is 4.28. The molecule has 17 heavy (non-hydrogen) atoms. The highest BCUT2D eigenvalue weighted by Crippen LogP contribution is 2.57. The van der Waals surface area contributed by atoms with Crippen molar-refractivity contribution in [3.8, 4) is 0 Å². The molecule has 0 heterocycles. The zero-order valence-corrected chi connectivity index (χ0v) is 12.2. The Morgan fingerprint density at radius 3 is 1.24 bits per heavy atom. The van der Waals surface area contributed by atoms with E-state index < -0.39 is 0 Å². The van der Waals surface area contributed by atoms with E-state index in [0.717, 1.165) is 47.3 Å². The van der Waals surface area contributed by atoms with Crippen molar-refractivity contribution in [3.63, 3.8) is 0 Å². The summed E-state index contributed by atoms with van der Waals surface area (Å²) in [5, 5.41) is 0. The van der Waals surface area contributed by atoms with Crippen LogP contribution in [-0.4, -0.2) is 0 Å². The Hall–Kier alpha value is 0. The van der Waals surface area contributed by atoms with Crippen LogP contribution in [0.25, 0.3) is 0 Å². The predicted molar refractivity (Wildman–Crippen MR) is 73.7 cm³/mol. The van der Waals surface area contributed by atoms with Crippen LogP contribution >= 0.6 is 0 Å². The monoisotopic (exact) mass is 234 g/mol. The van der Waals surface area contributed by atoms with Gasteiger partial charge in [0.1, 0.15) is 0 Å². The standard InChI is InChI=1S/C17H30/c1-10-5-14-9-15-6-11(2)13(4)8-17(15)16(14)7-12(10)3/h10-17H,5-9H2,1-4H3. The van der Waals surface area contributed by atoms with E-state index in [1.54, 1.807) is 32.1 Å². The van der Waals surface area contributed by atoms with E-state index in [0.29, 0.717) is 0 Å². The minimum absolute atomic E-state index is 0.990. The maximum atomic E-state index is 2.50. The molecule has 3 saturated carbocycles. The summed E-state index contributed by atoms with van der Waals surface area (Å²) < 4.78 is 0. The fraction of sp³-hybridized carbons (Fsp3) is 1.00. The molecule has 0 spiro atoms. The lowest BCUT2D eigenvalue weighted by molar-refractivity contribution is 0.0866. The Morgan fingerprint density at radius 2 is 0.824 bits per heavy atom. The molecule has 3 fully saturated rings. The lowest BCUT2D eigenvalue weighted by atomic mass is 9.64. The highest BCUT2D eigenvalue weighted by molar-refractivity contribution is 4.98. The lowest BCUT2D eigenvalue weighted by Gasteiger charge is -2.41. The Bertz CT molecular complexity index is 254. The van der Waals surface area contributed by atoms with E-state index in [1.165, 1.54) is 0 Å². The SMILES string of the molecule is CC1CC2CC3CC(C)C(C)CC3C2CC1C. The fourth-order valence-electron chi connectivity index (χ4n) is 5.46. The molecule has 98 valence electrons. The van der Waals surface area contributed by atoms with Crippen LogP contribution in [0.5, 0.6) is 0 Å². The Labute approximate surface area is 108 Å². The summed E-state index contributed by atoms with van der Waals surface area (Å²) in [6.45, 7) is 9.99. The predicted octanol–water partition coefficient (Wildman–Crippen LogP) is 4.99. The van der Waals surface area contributed by atoms with Crippen molar-refractivity contribution >= 4 is 0 Å². The fourth-order valence-corrected chi connectivity index (χ4v) is 5.46. The molecule has 0 amide bonds. The number of hydrogen-bond acceptors (Lipinski definition) is 0. The van der Waals surface area contributed by atoms with Gasteiger partial charge >= 0.3 is 0 Å². The number of rotatable bonds is 0. The van der Waals surface area contributed by atoms with E-state index in [9.17, 15) is 0 Å². The van der Waals surface area contributed by atoms with Gasteiger partial charge in [0.05, 0.1) is 0 Å². The van der Waals surface area contributed by atoms with Crippen molar-refractivity contribution in [2.75, 3.05) is 0 Å². The van der Waals surface area contributed by atoms with Gasteiger partial charge in [0.25, 0.3) is 0 Å². The zero-order chi connectivity index (χ0) is 12.2. The van der Waals surface area contributed by atoms with Crippen LogP contribution in [0.1, 0.15) is 59.8 Å². The molecular weight excluding hydrogens is 204 g/mol. The van der Waals surface area contributed by atoms with Gasteiger partial charge in [0.2, 0.25) is 0 Å². The van der Waals surface area contributed by atoms with Crippen LogP contribution in [0, 0.1) is 47.3 Å². The summed E-state index contributed by atoms with van der Waals surface area (Å²) in [5.41, 5.74) is 0. The van der Waals surface area contributed by atoms with Crippen molar-refractivity contribution in [3.05, 3.63) is 0 Å². The third-order valence-electron chi connectivity index (χ3n) is 6.95. The Kier molecular flexibility index (Phi) is 3.04. The molecule has 0 N–H and O–H groups in total. The van der Waals surface area contributed by atoms with E-state index in [-0.39, 0.29) is 0 Å². The molecule has 8 unspecified atom stereocenters. The molecule has 0 aromatic heterocycles. The highest BCUT2D eigenvalue weighted by Gasteiger charge is 2.49. The van der Waals surface area contributed by atoms with Gasteiger partial charge in [-0.1, -0.05) is 27.7 Å². The van der Waals surface area contributed by atoms with Crippen LogP contribution in [0.15, 0.2) is 0 Å². The first-order chi connectivity index (χ1) is 8.06. The molecule has 0 aliphatic heterocycles. The summed E-state index contributed by atoms with van der Waals surface area (Å²) in [7, 11) is 0. The molecule has 3 aliphatic carbocycles. The third-order valence-corrected chi connectivity index (χ3v) is 6.95. The first kappa shape index (κ1) is 12.1. The average Bonchev–Trinajstić information content (AvgIpc) is 2.58. The van der Waals surface area contributed by atoms with E-state index in [1.807, 2.05) is 0 Å². The molecule has 3 rings (SSSR count). The molecule has 0 aromatic rings. The van der Waals surface area contributed by atoms with E-state index in [2.05, 4.69) is 27.7 Å². The largest absolute Gasteiger partial charge is 0.0622 e. The quantitative estimate of drug-likeness (QED) is 0.554. The topological polar surface area (TPSA) is 0 Å². The first-order valence-electron chi connectivity index (χ1n) is 8.06. The maximum absolute atomic E-state index is 2.50. The minimum atomic E-state index is 0.990. The van der Waals surface area contributed by atoms with Gasteiger partial charge in [0.15, 0.2) is 0 Å². The molecular formula is C17H30. The molecule has 0 radical (unpaired) electrons. The van der Waals surface area contributed by atoms with Crippen molar-refractivity contribution < 1.29 is 0 Å². The smallest absolute Gasteiger partial charge is 0.0352 e. The summed E-state index contributed by atoms with van der Waals surface area (Å²) >= 11 is 0. The second-order valence-corrected chi connectivity index (χ2v) is 7.94. The molecule has 8 atom stereocenters. The van der Waals surface area contributed by atoms with Gasteiger partial charge < -0.3 is 0 Å². The Morgan fingerprint density at radius 1 is 0.471 bits per heavy atom. The van der Waals surface area contributed by atoms with E-state index in [4.69, 9.17) is 0 Å². The van der Waals surface area contributed by atoms with Crippen LogP contribution in [0.2, 0.25) is 0 Å². The van der Waals surface area contributed by atoms with Gasteiger partial charge in [-0.3, -0.25) is 0 Å². The molecule has 0 heteroatoms. The summed E-state index contributed by atoms with van der Waals surface area (Å²) in [5.74, 6) is 8.40. The van der Waals surface area contributed by atoms with Crippen molar-refractivity contribution in [1.82, 2.24) is 0 Å². The Balaban J connectivity index is 1.75. The summed E-state index contributed by atoms with van der Waals surface area (Å²) in [6.07, 6.45) is 7.77. The van der Waals surface area contributed by atoms with Crippen molar-refractivity contribution in [2.24, 2.45) is 47.3 Å². The van der Waals surface area contributed by atoms with Gasteiger partial charge in [-0.15, -0.1) is 0 Å². The molecule has 0 nitrogen and oxygen atoms in total. The number of hydrogen-bond donors (Lipinski definition) is 0. The zero-order valence-electron chi connectivity index (χ0n) is 12.2.